The molecular weight excluding hydrogens is 262 g/mol. The number of hydrogen-bond acceptors (Lipinski definition) is 1. The van der Waals surface area contributed by atoms with Crippen LogP contribution in [0.2, 0.25) is 0 Å². The Labute approximate surface area is 108 Å². The van der Waals surface area contributed by atoms with Gasteiger partial charge in [-0.1, -0.05) is 59.1 Å². The minimum atomic E-state index is 0.760. The van der Waals surface area contributed by atoms with Crippen molar-refractivity contribution in [1.82, 2.24) is 4.90 Å². The summed E-state index contributed by atoms with van der Waals surface area (Å²) in [7, 11) is 2.20. The van der Waals surface area contributed by atoms with Gasteiger partial charge in [-0.2, -0.15) is 0 Å². The molecule has 0 aliphatic rings. The predicted molar refractivity (Wildman–Crippen MR) is 75.1 cm³/mol. The van der Waals surface area contributed by atoms with Crippen LogP contribution < -0.4 is 0 Å². The molecule has 1 rings (SSSR count). The molecule has 0 N–H and O–H groups in total. The molecule has 1 aromatic carbocycles. The van der Waals surface area contributed by atoms with Crippen LogP contribution in [0.15, 0.2) is 24.3 Å². The fourth-order valence-electron chi connectivity index (χ4n) is 1.80. The molecular formula is C14H22BrN. The summed E-state index contributed by atoms with van der Waals surface area (Å²) in [5.74, 6) is 0.760. The van der Waals surface area contributed by atoms with Crippen LogP contribution in [0, 0.1) is 12.8 Å². The molecule has 0 saturated heterocycles. The molecule has 0 radical (unpaired) electrons. The Hall–Kier alpha value is -0.340. The molecule has 0 fully saturated rings. The Balaban J connectivity index is 2.44. The lowest BCUT2D eigenvalue weighted by Gasteiger charge is -2.21. The van der Waals surface area contributed by atoms with Gasteiger partial charge in [0.15, 0.2) is 0 Å². The molecule has 1 nitrogen and oxygen atoms in total. The summed E-state index contributed by atoms with van der Waals surface area (Å²) in [5, 5.41) is 1.10. The number of rotatable bonds is 6. The maximum Gasteiger partial charge on any atom is 0.0230 e. The third kappa shape index (κ3) is 4.67. The van der Waals surface area contributed by atoms with E-state index >= 15 is 0 Å². The van der Waals surface area contributed by atoms with E-state index in [1.165, 1.54) is 17.5 Å². The Morgan fingerprint density at radius 1 is 1.25 bits per heavy atom. The van der Waals surface area contributed by atoms with Gasteiger partial charge in [-0.25, -0.2) is 0 Å². The van der Waals surface area contributed by atoms with Crippen LogP contribution in [0.3, 0.4) is 0 Å². The standard InChI is InChI=1S/C14H22BrN/c1-4-13(9-15)10-16(3)11-14-7-5-12(2)6-8-14/h5-8,13H,4,9-11H2,1-3H3. The SMILES string of the molecule is CCC(CBr)CN(C)Cc1ccc(C)cc1. The molecule has 0 amide bonds. The monoisotopic (exact) mass is 283 g/mol. The van der Waals surface area contributed by atoms with Crippen molar-refractivity contribution in [3.63, 3.8) is 0 Å². The average Bonchev–Trinajstić information content (AvgIpc) is 2.29. The lowest BCUT2D eigenvalue weighted by molar-refractivity contribution is 0.278. The van der Waals surface area contributed by atoms with Crippen LogP contribution >= 0.6 is 15.9 Å². The van der Waals surface area contributed by atoms with Crippen LogP contribution in [0.5, 0.6) is 0 Å². The molecule has 2 heteroatoms. The number of aryl methyl sites for hydroxylation is 1. The summed E-state index contributed by atoms with van der Waals surface area (Å²) in [6, 6.07) is 8.82. The van der Waals surface area contributed by atoms with Crippen molar-refractivity contribution in [2.24, 2.45) is 5.92 Å². The van der Waals surface area contributed by atoms with Gasteiger partial charge in [0.1, 0.15) is 0 Å². The summed E-state index contributed by atoms with van der Waals surface area (Å²) in [4.78, 5) is 2.40. The van der Waals surface area contributed by atoms with E-state index in [0.29, 0.717) is 0 Å². The Kier molecular flexibility index (Phi) is 6.07. The maximum absolute atomic E-state index is 3.57. The first-order chi connectivity index (χ1) is 7.65. The minimum Gasteiger partial charge on any atom is -0.302 e. The van der Waals surface area contributed by atoms with E-state index in [2.05, 4.69) is 66.0 Å². The second-order valence-corrected chi connectivity index (χ2v) is 5.26. The second-order valence-electron chi connectivity index (χ2n) is 4.61. The highest BCUT2D eigenvalue weighted by atomic mass is 79.9. The van der Waals surface area contributed by atoms with E-state index < -0.39 is 0 Å². The zero-order valence-electron chi connectivity index (χ0n) is 10.5. The highest BCUT2D eigenvalue weighted by molar-refractivity contribution is 9.09. The minimum absolute atomic E-state index is 0.760. The van der Waals surface area contributed by atoms with E-state index in [1.54, 1.807) is 0 Å². The predicted octanol–water partition coefficient (Wildman–Crippen LogP) is 3.85. The molecule has 0 bridgehead atoms. The molecule has 0 heterocycles. The van der Waals surface area contributed by atoms with Crippen molar-refractivity contribution in [2.75, 3.05) is 18.9 Å². The molecule has 0 aliphatic carbocycles. The van der Waals surface area contributed by atoms with Crippen molar-refractivity contribution in [3.8, 4) is 0 Å². The smallest absolute Gasteiger partial charge is 0.0230 e. The van der Waals surface area contributed by atoms with Gasteiger partial charge >= 0.3 is 0 Å². The molecule has 0 aromatic heterocycles. The van der Waals surface area contributed by atoms with Crippen molar-refractivity contribution < 1.29 is 0 Å². The zero-order valence-corrected chi connectivity index (χ0v) is 12.1. The van der Waals surface area contributed by atoms with Crippen LogP contribution in [0.25, 0.3) is 0 Å². The van der Waals surface area contributed by atoms with Crippen LogP contribution in [-0.2, 0) is 6.54 Å². The first-order valence-electron chi connectivity index (χ1n) is 5.95. The summed E-state index contributed by atoms with van der Waals surface area (Å²) >= 11 is 3.57. The van der Waals surface area contributed by atoms with Gasteiger partial charge < -0.3 is 4.90 Å². The van der Waals surface area contributed by atoms with Crippen molar-refractivity contribution in [3.05, 3.63) is 35.4 Å². The molecule has 16 heavy (non-hydrogen) atoms. The lowest BCUT2D eigenvalue weighted by atomic mass is 10.1. The van der Waals surface area contributed by atoms with Gasteiger partial charge in [-0.3, -0.25) is 0 Å². The number of benzene rings is 1. The van der Waals surface area contributed by atoms with Gasteiger partial charge in [-0.05, 0) is 25.5 Å². The Bertz CT molecular complexity index is 290. The van der Waals surface area contributed by atoms with Crippen molar-refractivity contribution in [1.29, 1.82) is 0 Å². The highest BCUT2D eigenvalue weighted by Gasteiger charge is 2.08. The largest absolute Gasteiger partial charge is 0.302 e. The van der Waals surface area contributed by atoms with Crippen LogP contribution in [0.4, 0.5) is 0 Å². The Morgan fingerprint density at radius 2 is 1.88 bits per heavy atom. The lowest BCUT2D eigenvalue weighted by Crippen LogP contribution is -2.25. The fourth-order valence-corrected chi connectivity index (χ4v) is 2.46. The number of alkyl halides is 1. The number of hydrogen-bond donors (Lipinski definition) is 0. The van der Waals surface area contributed by atoms with Crippen LogP contribution in [-0.4, -0.2) is 23.8 Å². The van der Waals surface area contributed by atoms with Gasteiger partial charge in [0.25, 0.3) is 0 Å². The molecule has 1 unspecified atom stereocenters. The van der Waals surface area contributed by atoms with E-state index in [-0.39, 0.29) is 0 Å². The van der Waals surface area contributed by atoms with Gasteiger partial charge in [0.05, 0.1) is 0 Å². The fraction of sp³-hybridized carbons (Fsp3) is 0.571. The van der Waals surface area contributed by atoms with Gasteiger partial charge in [0, 0.05) is 18.4 Å². The summed E-state index contributed by atoms with van der Waals surface area (Å²) in [6.45, 7) is 6.59. The van der Waals surface area contributed by atoms with Gasteiger partial charge in [0.2, 0.25) is 0 Å². The Morgan fingerprint density at radius 3 is 2.38 bits per heavy atom. The topological polar surface area (TPSA) is 3.24 Å². The quantitative estimate of drug-likeness (QED) is 0.717. The van der Waals surface area contributed by atoms with E-state index in [4.69, 9.17) is 0 Å². The maximum atomic E-state index is 3.57. The molecule has 1 aromatic rings. The summed E-state index contributed by atoms with van der Waals surface area (Å²) in [6.07, 6.45) is 1.24. The van der Waals surface area contributed by atoms with E-state index in [0.717, 1.165) is 24.3 Å². The molecule has 1 atom stereocenters. The molecule has 0 aliphatic heterocycles. The molecule has 0 spiro atoms. The molecule has 90 valence electrons. The first-order valence-corrected chi connectivity index (χ1v) is 7.08. The van der Waals surface area contributed by atoms with Crippen molar-refractivity contribution >= 4 is 15.9 Å². The summed E-state index contributed by atoms with van der Waals surface area (Å²) in [5.41, 5.74) is 2.73. The second kappa shape index (κ2) is 7.08. The van der Waals surface area contributed by atoms with Crippen LogP contribution in [0.1, 0.15) is 24.5 Å². The number of nitrogens with zero attached hydrogens (tertiary/aromatic N) is 1. The molecule has 0 saturated carbocycles. The van der Waals surface area contributed by atoms with Crippen molar-refractivity contribution in [2.45, 2.75) is 26.8 Å². The third-order valence-electron chi connectivity index (χ3n) is 2.94. The van der Waals surface area contributed by atoms with E-state index in [9.17, 15) is 0 Å². The normalized spacial score (nSPS) is 13.1. The average molecular weight is 284 g/mol. The van der Waals surface area contributed by atoms with Gasteiger partial charge in [-0.15, -0.1) is 0 Å². The zero-order chi connectivity index (χ0) is 12.0. The van der Waals surface area contributed by atoms with E-state index in [1.807, 2.05) is 0 Å². The number of halogens is 1. The third-order valence-corrected chi connectivity index (χ3v) is 3.85. The highest BCUT2D eigenvalue weighted by Crippen LogP contribution is 2.11. The first kappa shape index (κ1) is 13.7. The summed E-state index contributed by atoms with van der Waals surface area (Å²) < 4.78 is 0.